The van der Waals surface area contributed by atoms with E-state index in [4.69, 9.17) is 4.42 Å². The number of rotatable bonds is 2. The highest BCUT2D eigenvalue weighted by atomic mass is 16.3. The number of hydrogen-bond donors (Lipinski definition) is 0. The number of hydrogen-bond acceptors (Lipinski definition) is 3. The quantitative estimate of drug-likeness (QED) is 0.720. The maximum absolute atomic E-state index is 13.1. The summed E-state index contributed by atoms with van der Waals surface area (Å²) >= 11 is 0. The lowest BCUT2D eigenvalue weighted by Crippen LogP contribution is -2.40. The zero-order chi connectivity index (χ0) is 16.7. The van der Waals surface area contributed by atoms with Crippen LogP contribution in [0, 0.1) is 12.8 Å². The Hall–Kier alpha value is -2.56. The van der Waals surface area contributed by atoms with E-state index in [1.807, 2.05) is 52.9 Å². The molecule has 1 aliphatic rings. The van der Waals surface area contributed by atoms with E-state index in [0.29, 0.717) is 11.5 Å². The van der Waals surface area contributed by atoms with Crippen LogP contribution in [0.15, 0.2) is 47.3 Å². The van der Waals surface area contributed by atoms with E-state index in [-0.39, 0.29) is 11.9 Å². The molecule has 3 aromatic rings. The molecule has 4 rings (SSSR count). The van der Waals surface area contributed by atoms with Gasteiger partial charge in [0, 0.05) is 25.1 Å². The van der Waals surface area contributed by atoms with Crippen molar-refractivity contribution < 1.29 is 9.21 Å². The van der Waals surface area contributed by atoms with Crippen molar-refractivity contribution in [3.8, 4) is 0 Å². The summed E-state index contributed by atoms with van der Waals surface area (Å²) in [7, 11) is 0. The predicted octanol–water partition coefficient (Wildman–Crippen LogP) is 3.85. The molecule has 24 heavy (non-hydrogen) atoms. The SMILES string of the molecule is Cc1ccc(C2CC(C)CCN2C(=O)c2ccc3nccn3c2)o1. The molecule has 2 atom stereocenters. The minimum Gasteiger partial charge on any atom is -0.464 e. The van der Waals surface area contributed by atoms with Crippen LogP contribution in [-0.4, -0.2) is 26.7 Å². The fourth-order valence-corrected chi connectivity index (χ4v) is 3.50. The molecular formula is C19H21N3O2. The van der Waals surface area contributed by atoms with Crippen molar-refractivity contribution in [2.24, 2.45) is 5.92 Å². The molecule has 5 nitrogen and oxygen atoms in total. The smallest absolute Gasteiger partial charge is 0.255 e. The van der Waals surface area contributed by atoms with Gasteiger partial charge in [0.05, 0.1) is 11.6 Å². The molecule has 4 heterocycles. The molecule has 1 fully saturated rings. The Kier molecular flexibility index (Phi) is 3.63. The van der Waals surface area contributed by atoms with Gasteiger partial charge >= 0.3 is 0 Å². The van der Waals surface area contributed by atoms with Crippen LogP contribution in [0.25, 0.3) is 5.65 Å². The number of furan rings is 1. The van der Waals surface area contributed by atoms with Crippen LogP contribution in [0.5, 0.6) is 0 Å². The monoisotopic (exact) mass is 323 g/mol. The molecule has 0 bridgehead atoms. The third kappa shape index (κ3) is 2.60. The van der Waals surface area contributed by atoms with Crippen molar-refractivity contribution in [1.29, 1.82) is 0 Å². The Labute approximate surface area is 140 Å². The molecule has 0 saturated carbocycles. The largest absolute Gasteiger partial charge is 0.464 e. The van der Waals surface area contributed by atoms with E-state index in [0.717, 1.165) is 36.6 Å². The second kappa shape index (κ2) is 5.82. The van der Waals surface area contributed by atoms with Crippen molar-refractivity contribution >= 4 is 11.6 Å². The number of fused-ring (bicyclic) bond motifs is 1. The van der Waals surface area contributed by atoms with Gasteiger partial charge in [0.2, 0.25) is 0 Å². The van der Waals surface area contributed by atoms with Gasteiger partial charge in [-0.3, -0.25) is 4.79 Å². The second-order valence-electron chi connectivity index (χ2n) is 6.70. The average molecular weight is 323 g/mol. The van der Waals surface area contributed by atoms with Crippen molar-refractivity contribution in [2.45, 2.75) is 32.7 Å². The van der Waals surface area contributed by atoms with E-state index < -0.39 is 0 Å². The fourth-order valence-electron chi connectivity index (χ4n) is 3.50. The number of aryl methyl sites for hydroxylation is 1. The Morgan fingerprint density at radius 3 is 2.96 bits per heavy atom. The van der Waals surface area contributed by atoms with E-state index in [9.17, 15) is 4.79 Å². The Morgan fingerprint density at radius 1 is 1.29 bits per heavy atom. The summed E-state index contributed by atoms with van der Waals surface area (Å²) in [6.45, 7) is 4.93. The van der Waals surface area contributed by atoms with Gasteiger partial charge in [-0.15, -0.1) is 0 Å². The Balaban J connectivity index is 1.67. The number of imidazole rings is 1. The van der Waals surface area contributed by atoms with Crippen LogP contribution >= 0.6 is 0 Å². The van der Waals surface area contributed by atoms with E-state index in [1.165, 1.54) is 0 Å². The lowest BCUT2D eigenvalue weighted by molar-refractivity contribution is 0.0519. The molecule has 1 saturated heterocycles. The van der Waals surface area contributed by atoms with Crippen LogP contribution < -0.4 is 0 Å². The van der Waals surface area contributed by atoms with Crippen molar-refractivity contribution in [3.63, 3.8) is 0 Å². The van der Waals surface area contributed by atoms with Gasteiger partial charge in [0.15, 0.2) is 0 Å². The highest BCUT2D eigenvalue weighted by Crippen LogP contribution is 2.35. The molecule has 0 spiro atoms. The number of pyridine rings is 1. The van der Waals surface area contributed by atoms with Crippen LogP contribution in [-0.2, 0) is 0 Å². The molecule has 0 N–H and O–H groups in total. The summed E-state index contributed by atoms with van der Waals surface area (Å²) in [6, 6.07) is 7.71. The minimum atomic E-state index is 0.00781. The maximum Gasteiger partial charge on any atom is 0.255 e. The Bertz CT molecular complexity index is 880. The molecule has 2 unspecified atom stereocenters. The third-order valence-corrected chi connectivity index (χ3v) is 4.85. The summed E-state index contributed by atoms with van der Waals surface area (Å²) < 4.78 is 7.72. The topological polar surface area (TPSA) is 50.8 Å². The summed E-state index contributed by atoms with van der Waals surface area (Å²) in [4.78, 5) is 19.3. The van der Waals surface area contributed by atoms with Crippen molar-refractivity contribution in [2.75, 3.05) is 6.54 Å². The minimum absolute atomic E-state index is 0.00781. The van der Waals surface area contributed by atoms with Gasteiger partial charge in [-0.05, 0) is 49.9 Å². The van der Waals surface area contributed by atoms with Gasteiger partial charge < -0.3 is 13.7 Å². The molecule has 0 radical (unpaired) electrons. The number of nitrogens with zero attached hydrogens (tertiary/aromatic N) is 3. The molecule has 1 aliphatic heterocycles. The average Bonchev–Trinajstić information content (AvgIpc) is 3.22. The first-order chi connectivity index (χ1) is 11.6. The van der Waals surface area contributed by atoms with Gasteiger partial charge in [0.25, 0.3) is 5.91 Å². The van der Waals surface area contributed by atoms with Crippen LogP contribution in [0.1, 0.15) is 47.7 Å². The molecule has 1 amide bonds. The highest BCUT2D eigenvalue weighted by Gasteiger charge is 2.33. The summed E-state index contributed by atoms with van der Waals surface area (Å²) in [5.41, 5.74) is 1.53. The molecule has 3 aromatic heterocycles. The predicted molar refractivity (Wildman–Crippen MR) is 90.8 cm³/mol. The third-order valence-electron chi connectivity index (χ3n) is 4.85. The van der Waals surface area contributed by atoms with Gasteiger partial charge in [-0.2, -0.15) is 0 Å². The number of carbonyl (C=O) groups is 1. The van der Waals surface area contributed by atoms with Crippen LogP contribution in [0.3, 0.4) is 0 Å². The highest BCUT2D eigenvalue weighted by molar-refractivity contribution is 5.94. The zero-order valence-corrected chi connectivity index (χ0v) is 14.0. The van der Waals surface area contributed by atoms with E-state index >= 15 is 0 Å². The first kappa shape index (κ1) is 15.0. The van der Waals surface area contributed by atoms with Crippen molar-refractivity contribution in [3.05, 3.63) is 59.9 Å². The second-order valence-corrected chi connectivity index (χ2v) is 6.70. The lowest BCUT2D eigenvalue weighted by Gasteiger charge is -2.37. The fraction of sp³-hybridized carbons (Fsp3) is 0.368. The number of likely N-dealkylation sites (tertiary alicyclic amines) is 1. The number of carbonyl (C=O) groups excluding carboxylic acids is 1. The van der Waals surface area contributed by atoms with Gasteiger partial charge in [-0.1, -0.05) is 6.92 Å². The first-order valence-electron chi connectivity index (χ1n) is 8.42. The van der Waals surface area contributed by atoms with Gasteiger partial charge in [0.1, 0.15) is 17.2 Å². The summed E-state index contributed by atoms with van der Waals surface area (Å²) in [5, 5.41) is 0. The molecule has 124 valence electrons. The van der Waals surface area contributed by atoms with E-state index in [1.54, 1.807) is 6.20 Å². The summed E-state index contributed by atoms with van der Waals surface area (Å²) in [6.07, 6.45) is 7.41. The lowest BCUT2D eigenvalue weighted by atomic mass is 9.90. The van der Waals surface area contributed by atoms with E-state index in [2.05, 4.69) is 11.9 Å². The molecule has 0 aliphatic carbocycles. The molecule has 5 heteroatoms. The first-order valence-corrected chi connectivity index (χ1v) is 8.42. The van der Waals surface area contributed by atoms with Crippen molar-refractivity contribution in [1.82, 2.24) is 14.3 Å². The molecule has 0 aromatic carbocycles. The normalized spacial score (nSPS) is 21.3. The van der Waals surface area contributed by atoms with Crippen LogP contribution in [0.2, 0.25) is 0 Å². The van der Waals surface area contributed by atoms with Gasteiger partial charge in [-0.25, -0.2) is 4.98 Å². The Morgan fingerprint density at radius 2 is 2.17 bits per heavy atom. The zero-order valence-electron chi connectivity index (χ0n) is 14.0. The standard InChI is InChI=1S/C19H21N3O2/c1-13-7-9-22(16(11-13)17-5-3-14(2)24-17)19(23)15-4-6-18-20-8-10-21(18)12-15/h3-6,8,10,12-13,16H,7,9,11H2,1-2H3. The summed E-state index contributed by atoms with van der Waals surface area (Å²) in [5.74, 6) is 2.41. The number of piperidine rings is 1. The van der Waals surface area contributed by atoms with Crippen LogP contribution in [0.4, 0.5) is 0 Å². The molecular weight excluding hydrogens is 302 g/mol. The number of aromatic nitrogens is 2. The maximum atomic E-state index is 13.1. The number of amides is 1.